The standard InChI is InChI=1S/C16H13Cl2FN2O4/c17-13-4-3-11(9-14(13)18)25-7-1-6-20-16(22)12-8-10(21(23)24)2-5-15(12)19/h2-5,8-9H,1,6-7H2,(H,20,22). The molecule has 0 saturated heterocycles. The van der Waals surface area contributed by atoms with Crippen molar-refractivity contribution < 1.29 is 18.8 Å². The zero-order chi connectivity index (χ0) is 18.4. The minimum Gasteiger partial charge on any atom is -0.493 e. The van der Waals surface area contributed by atoms with Crippen LogP contribution in [0.4, 0.5) is 10.1 Å². The van der Waals surface area contributed by atoms with Gasteiger partial charge < -0.3 is 10.1 Å². The number of hydrogen-bond donors (Lipinski definition) is 1. The van der Waals surface area contributed by atoms with Crippen molar-refractivity contribution in [1.82, 2.24) is 5.32 Å². The fourth-order valence-electron chi connectivity index (χ4n) is 1.93. The summed E-state index contributed by atoms with van der Waals surface area (Å²) in [5.41, 5.74) is -0.728. The number of nitrogens with one attached hydrogen (secondary N) is 1. The molecule has 9 heteroatoms. The molecule has 0 bridgehead atoms. The van der Waals surface area contributed by atoms with E-state index in [1.165, 1.54) is 0 Å². The number of benzene rings is 2. The number of amides is 1. The van der Waals surface area contributed by atoms with Crippen LogP contribution in [0.3, 0.4) is 0 Å². The highest BCUT2D eigenvalue weighted by molar-refractivity contribution is 6.42. The Hall–Kier alpha value is -2.38. The van der Waals surface area contributed by atoms with E-state index in [2.05, 4.69) is 5.32 Å². The van der Waals surface area contributed by atoms with Crippen molar-refractivity contribution in [3.05, 3.63) is 67.9 Å². The van der Waals surface area contributed by atoms with Gasteiger partial charge in [0.15, 0.2) is 0 Å². The lowest BCUT2D eigenvalue weighted by Gasteiger charge is -2.08. The van der Waals surface area contributed by atoms with Crippen LogP contribution in [-0.4, -0.2) is 24.0 Å². The van der Waals surface area contributed by atoms with E-state index in [1.54, 1.807) is 18.2 Å². The fraction of sp³-hybridized carbons (Fsp3) is 0.188. The Bertz CT molecular complexity index is 802. The van der Waals surface area contributed by atoms with Gasteiger partial charge in [0.25, 0.3) is 11.6 Å². The van der Waals surface area contributed by atoms with Crippen molar-refractivity contribution in [2.24, 2.45) is 0 Å². The number of ether oxygens (including phenoxy) is 1. The molecule has 0 atom stereocenters. The molecule has 0 aromatic heterocycles. The van der Waals surface area contributed by atoms with Crippen LogP contribution in [0.5, 0.6) is 5.75 Å². The summed E-state index contributed by atoms with van der Waals surface area (Å²) in [6, 6.07) is 7.62. The highest BCUT2D eigenvalue weighted by Gasteiger charge is 2.16. The third kappa shape index (κ3) is 5.30. The first-order valence-electron chi connectivity index (χ1n) is 7.18. The van der Waals surface area contributed by atoms with E-state index < -0.39 is 16.6 Å². The topological polar surface area (TPSA) is 81.5 Å². The lowest BCUT2D eigenvalue weighted by molar-refractivity contribution is -0.384. The Morgan fingerprint density at radius 1 is 1.20 bits per heavy atom. The molecule has 0 unspecified atom stereocenters. The Balaban J connectivity index is 1.81. The quantitative estimate of drug-likeness (QED) is 0.438. The first kappa shape index (κ1) is 19.0. The van der Waals surface area contributed by atoms with E-state index in [0.717, 1.165) is 18.2 Å². The second-order valence-electron chi connectivity index (χ2n) is 4.96. The second kappa shape index (κ2) is 8.64. The molecule has 2 aromatic rings. The number of rotatable bonds is 7. The molecule has 25 heavy (non-hydrogen) atoms. The molecule has 6 nitrogen and oxygen atoms in total. The van der Waals surface area contributed by atoms with Crippen molar-refractivity contribution in [3.63, 3.8) is 0 Å². The van der Waals surface area contributed by atoms with E-state index in [9.17, 15) is 19.3 Å². The average Bonchev–Trinajstić information content (AvgIpc) is 2.57. The number of non-ortho nitro benzene ring substituents is 1. The van der Waals surface area contributed by atoms with Gasteiger partial charge in [-0.05, 0) is 24.6 Å². The molecule has 132 valence electrons. The molecule has 0 aliphatic rings. The second-order valence-corrected chi connectivity index (χ2v) is 5.77. The Labute approximate surface area is 152 Å². The lowest BCUT2D eigenvalue weighted by Crippen LogP contribution is -2.26. The van der Waals surface area contributed by atoms with Crippen molar-refractivity contribution in [1.29, 1.82) is 0 Å². The van der Waals surface area contributed by atoms with Crippen LogP contribution >= 0.6 is 23.2 Å². The molecule has 0 spiro atoms. The van der Waals surface area contributed by atoms with Crippen molar-refractivity contribution in [3.8, 4) is 5.75 Å². The van der Waals surface area contributed by atoms with E-state index in [-0.39, 0.29) is 24.4 Å². The maximum Gasteiger partial charge on any atom is 0.270 e. The summed E-state index contributed by atoms with van der Waals surface area (Å²) in [6.45, 7) is 0.498. The van der Waals surface area contributed by atoms with E-state index in [0.29, 0.717) is 22.2 Å². The third-order valence-electron chi connectivity index (χ3n) is 3.17. The zero-order valence-corrected chi connectivity index (χ0v) is 14.3. The van der Waals surface area contributed by atoms with Crippen LogP contribution in [0.15, 0.2) is 36.4 Å². The SMILES string of the molecule is O=C(NCCCOc1ccc(Cl)c(Cl)c1)c1cc([N+](=O)[O-])ccc1F. The highest BCUT2D eigenvalue weighted by atomic mass is 35.5. The average molecular weight is 387 g/mol. The predicted octanol–water partition coefficient (Wildman–Crippen LogP) is 4.24. The van der Waals surface area contributed by atoms with Gasteiger partial charge in [0.2, 0.25) is 0 Å². The number of hydrogen-bond acceptors (Lipinski definition) is 4. The summed E-state index contributed by atoms with van der Waals surface area (Å²) in [4.78, 5) is 21.9. The van der Waals surface area contributed by atoms with Crippen LogP contribution in [0, 0.1) is 15.9 Å². The summed E-state index contributed by atoms with van der Waals surface area (Å²) in [5.74, 6) is -1.02. The smallest absolute Gasteiger partial charge is 0.270 e. The Morgan fingerprint density at radius 2 is 1.96 bits per heavy atom. The van der Waals surface area contributed by atoms with E-state index in [4.69, 9.17) is 27.9 Å². The fourth-order valence-corrected chi connectivity index (χ4v) is 2.21. The van der Waals surface area contributed by atoms with Gasteiger partial charge in [-0.15, -0.1) is 0 Å². The van der Waals surface area contributed by atoms with Crippen molar-refractivity contribution >= 4 is 34.8 Å². The number of halogens is 3. The molecular weight excluding hydrogens is 374 g/mol. The first-order chi connectivity index (χ1) is 11.9. The van der Waals surface area contributed by atoms with Crippen LogP contribution in [-0.2, 0) is 0 Å². The monoisotopic (exact) mass is 386 g/mol. The van der Waals surface area contributed by atoms with Crippen LogP contribution in [0.1, 0.15) is 16.8 Å². The maximum atomic E-state index is 13.6. The number of nitro groups is 1. The third-order valence-corrected chi connectivity index (χ3v) is 3.91. The molecular formula is C16H13Cl2FN2O4. The number of nitro benzene ring substituents is 1. The van der Waals surface area contributed by atoms with Gasteiger partial charge in [0.05, 0.1) is 27.1 Å². The van der Waals surface area contributed by atoms with E-state index in [1.807, 2.05) is 0 Å². The van der Waals surface area contributed by atoms with Gasteiger partial charge in [0, 0.05) is 24.7 Å². The van der Waals surface area contributed by atoms with Crippen molar-refractivity contribution in [2.45, 2.75) is 6.42 Å². The normalized spacial score (nSPS) is 10.4. The molecule has 0 aliphatic carbocycles. The molecule has 0 saturated carbocycles. The van der Waals surface area contributed by atoms with E-state index >= 15 is 0 Å². The summed E-state index contributed by atoms with van der Waals surface area (Å²) >= 11 is 11.7. The minimum absolute atomic E-state index is 0.211. The number of nitrogens with zero attached hydrogens (tertiary/aromatic N) is 1. The Kier molecular flexibility index (Phi) is 6.55. The number of carbonyl (C=O) groups excluding carboxylic acids is 1. The lowest BCUT2D eigenvalue weighted by atomic mass is 10.1. The predicted molar refractivity (Wildman–Crippen MR) is 92.0 cm³/mol. The molecule has 0 aliphatic heterocycles. The van der Waals surface area contributed by atoms with Gasteiger partial charge in [-0.1, -0.05) is 23.2 Å². The molecule has 2 aromatic carbocycles. The van der Waals surface area contributed by atoms with Gasteiger partial charge >= 0.3 is 0 Å². The first-order valence-corrected chi connectivity index (χ1v) is 7.94. The van der Waals surface area contributed by atoms with Crippen LogP contribution < -0.4 is 10.1 Å². The van der Waals surface area contributed by atoms with Crippen LogP contribution in [0.2, 0.25) is 10.0 Å². The number of carbonyl (C=O) groups is 1. The molecule has 2 rings (SSSR count). The van der Waals surface area contributed by atoms with Gasteiger partial charge in [-0.2, -0.15) is 0 Å². The zero-order valence-electron chi connectivity index (χ0n) is 12.8. The molecule has 0 fully saturated rings. The molecule has 0 radical (unpaired) electrons. The van der Waals surface area contributed by atoms with Gasteiger partial charge in [-0.25, -0.2) is 4.39 Å². The maximum absolute atomic E-state index is 13.6. The Morgan fingerprint density at radius 3 is 2.64 bits per heavy atom. The largest absolute Gasteiger partial charge is 0.493 e. The van der Waals surface area contributed by atoms with Crippen molar-refractivity contribution in [2.75, 3.05) is 13.2 Å². The molecule has 1 N–H and O–H groups in total. The summed E-state index contributed by atoms with van der Waals surface area (Å²) in [5, 5.41) is 14.0. The van der Waals surface area contributed by atoms with Gasteiger partial charge in [-0.3, -0.25) is 14.9 Å². The van der Waals surface area contributed by atoms with Gasteiger partial charge in [0.1, 0.15) is 11.6 Å². The highest BCUT2D eigenvalue weighted by Crippen LogP contribution is 2.26. The molecule has 0 heterocycles. The minimum atomic E-state index is -0.824. The molecule has 1 amide bonds. The van der Waals surface area contributed by atoms with Crippen LogP contribution in [0.25, 0.3) is 0 Å². The summed E-state index contributed by atoms with van der Waals surface area (Å²) < 4.78 is 19.1. The summed E-state index contributed by atoms with van der Waals surface area (Å²) in [6.07, 6.45) is 0.447. The summed E-state index contributed by atoms with van der Waals surface area (Å²) in [7, 11) is 0.